The minimum Gasteiger partial charge on any atom is -0.510 e. The number of Topliss-reactive ketones (excluding diaryl/α,β-unsaturated/α-hetero) is 2. The van der Waals surface area contributed by atoms with E-state index in [1.807, 2.05) is 25.1 Å². The van der Waals surface area contributed by atoms with Crippen LogP contribution < -0.4 is 16.0 Å². The Morgan fingerprint density at radius 3 is 2.36 bits per heavy atom. The Labute approximate surface area is 227 Å². The topological polar surface area (TPSA) is 177 Å². The fourth-order valence-corrected chi connectivity index (χ4v) is 6.38. The van der Waals surface area contributed by atoms with Gasteiger partial charge >= 0.3 is 0 Å². The van der Waals surface area contributed by atoms with Crippen LogP contribution in [0.2, 0.25) is 0 Å². The molecule has 11 heteroatoms. The summed E-state index contributed by atoms with van der Waals surface area (Å²) in [6, 6.07) is 0.815. The molecule has 0 heterocycles. The number of rotatable bonds is 7. The monoisotopic (exact) mass is 542 g/mol. The number of carbonyl (C=O) groups excluding carboxylic acids is 3. The van der Waals surface area contributed by atoms with Crippen molar-refractivity contribution in [2.45, 2.75) is 44.9 Å². The molecule has 0 bridgehead atoms. The van der Waals surface area contributed by atoms with Crippen LogP contribution in [-0.2, 0) is 22.6 Å². The van der Waals surface area contributed by atoms with E-state index in [1.54, 1.807) is 14.1 Å². The first kappa shape index (κ1) is 28.6. The number of phenolic OH excluding ortho intramolecular Hbond substituents is 1. The molecule has 0 radical (unpaired) electrons. The van der Waals surface area contributed by atoms with Crippen molar-refractivity contribution in [1.29, 1.82) is 0 Å². The number of aliphatic hydroxyl groups excluding tert-OH is 2. The molecule has 0 fully saturated rings. The number of phenols is 1. The Morgan fingerprint density at radius 2 is 1.82 bits per heavy atom. The number of nitrogens with zero attached hydrogens (tertiary/aromatic N) is 2. The largest absolute Gasteiger partial charge is 0.510 e. The van der Waals surface area contributed by atoms with E-state index in [-0.39, 0.29) is 29.7 Å². The van der Waals surface area contributed by atoms with Crippen molar-refractivity contribution in [2.75, 3.05) is 39.6 Å². The minimum absolute atomic E-state index is 0.0170. The van der Waals surface area contributed by atoms with Gasteiger partial charge in [0.1, 0.15) is 22.8 Å². The maximum absolute atomic E-state index is 14.0. The summed E-state index contributed by atoms with van der Waals surface area (Å²) in [4.78, 5) is 42.9. The molecule has 1 aromatic rings. The Hall–Kier alpha value is -3.41. The number of hydrogen-bond acceptors (Lipinski definition) is 10. The zero-order valence-electron chi connectivity index (χ0n) is 23.2. The third-order valence-electron chi connectivity index (χ3n) is 8.13. The summed E-state index contributed by atoms with van der Waals surface area (Å²) >= 11 is 0. The van der Waals surface area contributed by atoms with Crippen molar-refractivity contribution in [1.82, 2.24) is 10.2 Å². The van der Waals surface area contributed by atoms with Gasteiger partial charge in [0, 0.05) is 43.4 Å². The number of amides is 1. The Morgan fingerprint density at radius 1 is 1.18 bits per heavy atom. The van der Waals surface area contributed by atoms with Gasteiger partial charge in [-0.25, -0.2) is 0 Å². The van der Waals surface area contributed by atoms with Gasteiger partial charge in [0.25, 0.3) is 5.91 Å². The van der Waals surface area contributed by atoms with Gasteiger partial charge in [-0.2, -0.15) is 0 Å². The average Bonchev–Trinajstić information content (AvgIpc) is 2.81. The molecule has 212 valence electrons. The molecule has 39 heavy (non-hydrogen) atoms. The number of ketones is 2. The maximum atomic E-state index is 14.0. The molecule has 3 aliphatic rings. The lowest BCUT2D eigenvalue weighted by Gasteiger charge is -2.50. The Balaban J connectivity index is 1.91. The van der Waals surface area contributed by atoms with E-state index in [9.17, 15) is 34.8 Å². The van der Waals surface area contributed by atoms with Gasteiger partial charge < -0.3 is 36.4 Å². The number of fused-ring (bicyclic) bond motifs is 3. The number of benzene rings is 1. The number of carbonyl (C=O) groups is 3. The molecule has 7 N–H and O–H groups in total. The molecule has 0 saturated heterocycles. The van der Waals surface area contributed by atoms with Crippen LogP contribution >= 0.6 is 0 Å². The minimum atomic E-state index is -2.65. The second-order valence-electron chi connectivity index (χ2n) is 11.6. The molecule has 1 unspecified atom stereocenters. The van der Waals surface area contributed by atoms with Crippen molar-refractivity contribution in [2.24, 2.45) is 23.5 Å². The lowest BCUT2D eigenvalue weighted by molar-refractivity contribution is -0.148. The highest BCUT2D eigenvalue weighted by Gasteiger charge is 2.63. The van der Waals surface area contributed by atoms with Crippen molar-refractivity contribution in [3.05, 3.63) is 45.4 Å². The lowest BCUT2D eigenvalue weighted by Crippen LogP contribution is -2.63. The van der Waals surface area contributed by atoms with Crippen LogP contribution in [0.1, 0.15) is 41.8 Å². The van der Waals surface area contributed by atoms with Crippen LogP contribution in [0.25, 0.3) is 0 Å². The summed E-state index contributed by atoms with van der Waals surface area (Å²) in [7, 11) is 6.87. The van der Waals surface area contributed by atoms with E-state index in [4.69, 9.17) is 5.73 Å². The number of allylic oxidation sites excluding steroid dienone is 1. The van der Waals surface area contributed by atoms with Gasteiger partial charge in [-0.1, -0.05) is 13.8 Å². The van der Waals surface area contributed by atoms with E-state index < -0.39 is 58.0 Å². The highest BCUT2D eigenvalue weighted by atomic mass is 16.3. The highest BCUT2D eigenvalue weighted by molar-refractivity contribution is 6.24. The molecule has 0 aliphatic heterocycles. The van der Waals surface area contributed by atoms with Crippen LogP contribution in [0, 0.1) is 17.8 Å². The molecule has 1 aromatic carbocycles. The van der Waals surface area contributed by atoms with Gasteiger partial charge in [-0.05, 0) is 56.9 Å². The molecule has 0 saturated carbocycles. The SMILES string of the molecule is CC(C)CNCc1cc(N(C)C)c2c(c1O)C(=O)C1=C(O)[C@]3(O)C(=O)C(C(N)=O)=C(O)C(N(C)C)[C@H]3C[C@H]1C2. The third-order valence-corrected chi connectivity index (χ3v) is 8.13. The van der Waals surface area contributed by atoms with Crippen LogP contribution in [0.4, 0.5) is 5.69 Å². The number of nitrogens with two attached hydrogens (primary N) is 1. The molecule has 3 aliphatic carbocycles. The van der Waals surface area contributed by atoms with E-state index in [0.29, 0.717) is 30.1 Å². The second kappa shape index (κ2) is 9.96. The molecule has 1 amide bonds. The van der Waals surface area contributed by atoms with Gasteiger partial charge in [0.2, 0.25) is 5.78 Å². The molecule has 4 atom stereocenters. The molecule has 0 spiro atoms. The summed E-state index contributed by atoms with van der Waals surface area (Å²) in [5.74, 6) is -6.15. The summed E-state index contributed by atoms with van der Waals surface area (Å²) in [6.07, 6.45) is 0.298. The number of aromatic hydroxyl groups is 1. The molecular weight excluding hydrogens is 504 g/mol. The van der Waals surface area contributed by atoms with Crippen molar-refractivity contribution < 1.29 is 34.8 Å². The van der Waals surface area contributed by atoms with E-state index in [0.717, 1.165) is 5.69 Å². The molecule has 4 rings (SSSR count). The van der Waals surface area contributed by atoms with E-state index >= 15 is 0 Å². The second-order valence-corrected chi connectivity index (χ2v) is 11.6. The van der Waals surface area contributed by atoms with Gasteiger partial charge in [-0.15, -0.1) is 0 Å². The summed E-state index contributed by atoms with van der Waals surface area (Å²) in [6.45, 7) is 5.11. The number of anilines is 1. The molecule has 0 aromatic heterocycles. The molecular formula is C28H38N4O7. The Bertz CT molecular complexity index is 1310. The number of hydrogen-bond donors (Lipinski definition) is 6. The van der Waals surface area contributed by atoms with Crippen LogP contribution in [0.15, 0.2) is 28.7 Å². The third kappa shape index (κ3) is 4.29. The first-order valence-electron chi connectivity index (χ1n) is 13.0. The fourth-order valence-electron chi connectivity index (χ4n) is 6.38. The zero-order valence-corrected chi connectivity index (χ0v) is 23.2. The standard InChI is InChI=1S/C28H38N4O7/c1-12(2)10-30-11-14-9-17(31(3)4)15-7-13-8-16-21(32(5)6)24(35)20(27(29)38)26(37)28(16,39)25(36)18(13)23(34)19(15)22(14)33/h9,12-13,16,21,30,33,35-36,39H,7-8,10-11H2,1-6H3,(H2,29,38)/t13-,16-,21?,28+/m1/s1. The van der Waals surface area contributed by atoms with E-state index in [1.165, 1.54) is 4.90 Å². The Kier molecular flexibility index (Phi) is 7.30. The van der Waals surface area contributed by atoms with Crippen LogP contribution in [0.3, 0.4) is 0 Å². The van der Waals surface area contributed by atoms with Crippen LogP contribution in [-0.4, -0.2) is 89.2 Å². The number of aliphatic hydroxyl groups is 3. The van der Waals surface area contributed by atoms with E-state index in [2.05, 4.69) is 19.2 Å². The van der Waals surface area contributed by atoms with Crippen molar-refractivity contribution in [3.63, 3.8) is 0 Å². The lowest BCUT2D eigenvalue weighted by atomic mass is 9.58. The number of likely N-dealkylation sites (N-methyl/N-ethyl adjacent to an activating group) is 1. The van der Waals surface area contributed by atoms with Gasteiger partial charge in [0.15, 0.2) is 11.4 Å². The van der Waals surface area contributed by atoms with Crippen molar-refractivity contribution >= 4 is 23.2 Å². The van der Waals surface area contributed by atoms with Crippen LogP contribution in [0.5, 0.6) is 5.75 Å². The number of nitrogens with one attached hydrogen (secondary N) is 1. The van der Waals surface area contributed by atoms with Gasteiger partial charge in [0.05, 0.1) is 11.6 Å². The predicted octanol–water partition coefficient (Wildman–Crippen LogP) is 0.932. The quantitative estimate of drug-likeness (QED) is 0.272. The fraction of sp³-hybridized carbons (Fsp3) is 0.536. The normalized spacial score (nSPS) is 26.6. The summed E-state index contributed by atoms with van der Waals surface area (Å²) in [5.41, 5.74) is 3.60. The first-order valence-corrected chi connectivity index (χ1v) is 13.0. The average molecular weight is 543 g/mol. The number of primary amides is 1. The van der Waals surface area contributed by atoms with Gasteiger partial charge in [-0.3, -0.25) is 19.3 Å². The maximum Gasteiger partial charge on any atom is 0.255 e. The summed E-state index contributed by atoms with van der Waals surface area (Å²) in [5, 5.41) is 48.6. The molecule has 11 nitrogen and oxygen atoms in total. The highest BCUT2D eigenvalue weighted by Crippen LogP contribution is 2.53. The summed E-state index contributed by atoms with van der Waals surface area (Å²) < 4.78 is 0. The van der Waals surface area contributed by atoms with Crippen molar-refractivity contribution in [3.8, 4) is 5.75 Å². The first-order chi connectivity index (χ1) is 18.1. The smallest absolute Gasteiger partial charge is 0.255 e. The zero-order chi connectivity index (χ0) is 29.1. The predicted molar refractivity (Wildman–Crippen MR) is 145 cm³/mol.